The number of fused-ring (bicyclic) bond motifs is 2. The Balaban J connectivity index is 1.46. The van der Waals surface area contributed by atoms with Gasteiger partial charge in [-0.15, -0.1) is 11.3 Å². The Kier molecular flexibility index (Phi) is 6.21. The molecule has 8 heteroatoms. The number of nitriles is 1. The van der Waals surface area contributed by atoms with Crippen LogP contribution < -0.4 is 5.32 Å². The van der Waals surface area contributed by atoms with Crippen molar-refractivity contribution in [3.63, 3.8) is 0 Å². The van der Waals surface area contributed by atoms with E-state index in [2.05, 4.69) is 16.4 Å². The average Bonchev–Trinajstić information content (AvgIpc) is 2.91. The van der Waals surface area contributed by atoms with Gasteiger partial charge >= 0.3 is 5.97 Å². The van der Waals surface area contributed by atoms with Gasteiger partial charge in [-0.2, -0.15) is 5.26 Å². The van der Waals surface area contributed by atoms with E-state index in [0.29, 0.717) is 26.8 Å². The van der Waals surface area contributed by atoms with Gasteiger partial charge in [-0.3, -0.25) is 4.79 Å². The quantitative estimate of drug-likeness (QED) is 0.330. The van der Waals surface area contributed by atoms with Crippen molar-refractivity contribution in [2.45, 2.75) is 45.1 Å². The third kappa shape index (κ3) is 4.55. The number of carbonyl (C=O) groups is 2. The van der Waals surface area contributed by atoms with E-state index in [1.165, 1.54) is 23.1 Å². The summed E-state index contributed by atoms with van der Waals surface area (Å²) in [6.45, 7) is 1.51. The number of pyridine rings is 1. The zero-order chi connectivity index (χ0) is 22.0. The van der Waals surface area contributed by atoms with Crippen LogP contribution in [-0.2, 0) is 22.4 Å². The molecule has 2 aromatic heterocycles. The lowest BCUT2D eigenvalue weighted by atomic mass is 10.1. The van der Waals surface area contributed by atoms with Crippen LogP contribution >= 0.6 is 22.9 Å². The molecule has 0 saturated heterocycles. The molecule has 0 spiro atoms. The zero-order valence-corrected chi connectivity index (χ0v) is 18.5. The Labute approximate surface area is 188 Å². The minimum absolute atomic E-state index is 0.317. The van der Waals surface area contributed by atoms with Crippen molar-refractivity contribution in [1.29, 1.82) is 5.26 Å². The second-order valence-electron chi connectivity index (χ2n) is 7.46. The molecule has 2 heterocycles. The Bertz CT molecular complexity index is 1210. The van der Waals surface area contributed by atoms with Crippen LogP contribution in [0, 0.1) is 11.3 Å². The van der Waals surface area contributed by atoms with E-state index in [9.17, 15) is 14.9 Å². The van der Waals surface area contributed by atoms with E-state index in [-0.39, 0.29) is 0 Å². The minimum Gasteiger partial charge on any atom is -0.449 e. The van der Waals surface area contributed by atoms with E-state index in [0.717, 1.165) is 43.1 Å². The summed E-state index contributed by atoms with van der Waals surface area (Å²) in [7, 11) is 0. The average molecular weight is 454 g/mol. The fourth-order valence-electron chi connectivity index (χ4n) is 3.67. The molecule has 1 aromatic carbocycles. The van der Waals surface area contributed by atoms with Gasteiger partial charge in [-0.05, 0) is 68.5 Å². The number of halogens is 1. The molecule has 1 aliphatic carbocycles. The third-order valence-electron chi connectivity index (χ3n) is 5.31. The Hall–Kier alpha value is -2.95. The molecule has 0 aliphatic heterocycles. The van der Waals surface area contributed by atoms with Crippen LogP contribution in [0.5, 0.6) is 0 Å². The van der Waals surface area contributed by atoms with Gasteiger partial charge in [0.25, 0.3) is 5.91 Å². The van der Waals surface area contributed by atoms with Crippen molar-refractivity contribution >= 4 is 50.7 Å². The Morgan fingerprint density at radius 2 is 2.03 bits per heavy atom. The maximum Gasteiger partial charge on any atom is 0.338 e. The number of esters is 1. The van der Waals surface area contributed by atoms with E-state index >= 15 is 0 Å². The topological polar surface area (TPSA) is 92.1 Å². The molecule has 0 bridgehead atoms. The molecule has 1 atom stereocenters. The van der Waals surface area contributed by atoms with Crippen molar-refractivity contribution in [3.8, 4) is 6.07 Å². The first-order valence-corrected chi connectivity index (χ1v) is 11.3. The van der Waals surface area contributed by atoms with Crippen LogP contribution in [0.4, 0.5) is 5.00 Å². The first-order valence-electron chi connectivity index (χ1n) is 10.1. The summed E-state index contributed by atoms with van der Waals surface area (Å²) in [6.07, 6.45) is 4.06. The largest absolute Gasteiger partial charge is 0.449 e. The highest BCUT2D eigenvalue weighted by Gasteiger charge is 2.24. The fourth-order valence-corrected chi connectivity index (χ4v) is 5.07. The molecule has 4 rings (SSSR count). The number of aromatic nitrogens is 1. The van der Waals surface area contributed by atoms with Crippen LogP contribution in [0.25, 0.3) is 10.9 Å². The van der Waals surface area contributed by atoms with Gasteiger partial charge in [0, 0.05) is 10.3 Å². The summed E-state index contributed by atoms with van der Waals surface area (Å²) in [5, 5.41) is 14.1. The van der Waals surface area contributed by atoms with Crippen LogP contribution in [-0.4, -0.2) is 23.0 Å². The van der Waals surface area contributed by atoms with Crippen LogP contribution in [0.15, 0.2) is 30.3 Å². The van der Waals surface area contributed by atoms with E-state index in [4.69, 9.17) is 16.3 Å². The second-order valence-corrected chi connectivity index (χ2v) is 8.95. The highest BCUT2D eigenvalue weighted by Crippen LogP contribution is 2.37. The molecule has 31 heavy (non-hydrogen) atoms. The first-order chi connectivity index (χ1) is 15.0. The summed E-state index contributed by atoms with van der Waals surface area (Å²) >= 11 is 7.34. The molecule has 1 aliphatic rings. The lowest BCUT2D eigenvalue weighted by Crippen LogP contribution is -2.30. The van der Waals surface area contributed by atoms with E-state index < -0.39 is 18.0 Å². The van der Waals surface area contributed by atoms with Gasteiger partial charge in [-0.25, -0.2) is 9.78 Å². The summed E-state index contributed by atoms with van der Waals surface area (Å²) < 4.78 is 5.36. The number of thiophene rings is 1. The van der Waals surface area contributed by atoms with Gasteiger partial charge in [0.05, 0.1) is 16.6 Å². The zero-order valence-electron chi connectivity index (χ0n) is 16.9. The maximum atomic E-state index is 12.7. The van der Waals surface area contributed by atoms with Gasteiger partial charge in [0.1, 0.15) is 16.2 Å². The Morgan fingerprint density at radius 3 is 2.84 bits per heavy atom. The first kappa shape index (κ1) is 21.3. The molecule has 3 aromatic rings. The molecule has 1 N–H and O–H groups in total. The number of hydrogen-bond acceptors (Lipinski definition) is 6. The lowest BCUT2D eigenvalue weighted by Gasteiger charge is -2.13. The number of hydrogen-bond donors (Lipinski definition) is 1. The molecular formula is C23H20ClN3O3S. The minimum atomic E-state index is -1.01. The number of benzene rings is 1. The molecule has 0 fully saturated rings. The number of ether oxygens (including phenoxy) is 1. The van der Waals surface area contributed by atoms with Crippen molar-refractivity contribution in [1.82, 2.24) is 4.98 Å². The van der Waals surface area contributed by atoms with Crippen molar-refractivity contribution in [3.05, 3.63) is 57.1 Å². The van der Waals surface area contributed by atoms with Crippen molar-refractivity contribution in [2.24, 2.45) is 0 Å². The highest BCUT2D eigenvalue weighted by molar-refractivity contribution is 7.16. The summed E-state index contributed by atoms with van der Waals surface area (Å²) in [6, 6.07) is 10.6. The Morgan fingerprint density at radius 1 is 1.23 bits per heavy atom. The standard InChI is InChI=1S/C23H20ClN3O3S/c1-13(30-23(29)15-7-9-18-14(11-15)8-10-20(24)26-18)21(28)27-22-17(12-25)16-5-3-2-4-6-19(16)31-22/h7-11,13H,2-6H2,1H3,(H,27,28). The van der Waals surface area contributed by atoms with Gasteiger partial charge in [-0.1, -0.05) is 18.0 Å². The normalized spacial score (nSPS) is 14.2. The second kappa shape index (κ2) is 9.04. The molecule has 1 unspecified atom stereocenters. The van der Waals surface area contributed by atoms with Gasteiger partial charge in [0.2, 0.25) is 0 Å². The SMILES string of the molecule is CC(OC(=O)c1ccc2nc(Cl)ccc2c1)C(=O)Nc1sc2c(c1C#N)CCCCC2. The van der Waals surface area contributed by atoms with E-state index in [1.807, 2.05) is 0 Å². The van der Waals surface area contributed by atoms with Crippen LogP contribution in [0.3, 0.4) is 0 Å². The molecule has 0 saturated carbocycles. The number of aryl methyl sites for hydroxylation is 1. The monoisotopic (exact) mass is 453 g/mol. The van der Waals surface area contributed by atoms with Crippen molar-refractivity contribution in [2.75, 3.05) is 5.32 Å². The number of nitrogens with zero attached hydrogens (tertiary/aromatic N) is 2. The molecular weight excluding hydrogens is 434 g/mol. The number of carbonyl (C=O) groups excluding carboxylic acids is 2. The number of rotatable bonds is 4. The fraction of sp³-hybridized carbons (Fsp3) is 0.304. The predicted octanol–water partition coefficient (Wildman–Crippen LogP) is 5.27. The van der Waals surface area contributed by atoms with Crippen LogP contribution in [0.2, 0.25) is 5.15 Å². The highest BCUT2D eigenvalue weighted by atomic mass is 35.5. The lowest BCUT2D eigenvalue weighted by molar-refractivity contribution is -0.123. The van der Waals surface area contributed by atoms with Gasteiger partial charge in [0.15, 0.2) is 6.10 Å². The summed E-state index contributed by atoms with van der Waals surface area (Å²) in [5.74, 6) is -1.07. The smallest absolute Gasteiger partial charge is 0.338 e. The maximum absolute atomic E-state index is 12.7. The predicted molar refractivity (Wildman–Crippen MR) is 121 cm³/mol. The van der Waals surface area contributed by atoms with Gasteiger partial charge < -0.3 is 10.1 Å². The summed E-state index contributed by atoms with van der Waals surface area (Å²) in [4.78, 5) is 30.6. The molecule has 6 nitrogen and oxygen atoms in total. The third-order valence-corrected chi connectivity index (χ3v) is 6.73. The number of nitrogens with one attached hydrogen (secondary N) is 1. The molecule has 0 radical (unpaired) electrons. The van der Waals surface area contributed by atoms with Crippen molar-refractivity contribution < 1.29 is 14.3 Å². The number of amides is 1. The van der Waals surface area contributed by atoms with Crippen LogP contribution in [0.1, 0.15) is 52.5 Å². The number of anilines is 1. The molecule has 1 amide bonds. The summed E-state index contributed by atoms with van der Waals surface area (Å²) in [5.41, 5.74) is 2.57. The van der Waals surface area contributed by atoms with E-state index in [1.54, 1.807) is 30.3 Å². The molecule has 158 valence electrons.